The monoisotopic (exact) mass is 414 g/mol. The molecule has 0 aromatic carbocycles. The molecule has 0 saturated carbocycles. The number of carbonyl (C=O) groups excluding carboxylic acids is 1. The van der Waals surface area contributed by atoms with E-state index in [2.05, 4.69) is 15.3 Å². The summed E-state index contributed by atoms with van der Waals surface area (Å²) in [5.74, 6) is 1.71. The second kappa shape index (κ2) is 7.04. The molecule has 4 atom stereocenters. The van der Waals surface area contributed by atoms with Crippen molar-refractivity contribution in [2.45, 2.75) is 51.7 Å². The molecule has 0 aliphatic carbocycles. The summed E-state index contributed by atoms with van der Waals surface area (Å²) in [6.07, 6.45) is 4.06. The van der Waals surface area contributed by atoms with E-state index in [0.717, 1.165) is 18.6 Å². The van der Waals surface area contributed by atoms with E-state index in [9.17, 15) is 9.18 Å². The minimum atomic E-state index is -0.332. The highest BCUT2D eigenvalue weighted by molar-refractivity contribution is 5.95. The second-order valence-electron chi connectivity index (χ2n) is 8.76. The number of carbonyl (C=O) groups is 1. The highest BCUT2D eigenvalue weighted by Gasteiger charge is 2.63. The number of halogens is 1. The fourth-order valence-electron chi connectivity index (χ4n) is 5.65. The molecule has 1 spiro atoms. The number of rotatable bonds is 5. The van der Waals surface area contributed by atoms with Crippen molar-refractivity contribution >= 4 is 11.7 Å². The van der Waals surface area contributed by atoms with Crippen LogP contribution in [0.5, 0.6) is 0 Å². The lowest BCUT2D eigenvalue weighted by molar-refractivity contribution is 0.0141. The minimum Gasteiger partial charge on any atom is -0.466 e. The first kappa shape index (κ1) is 19.5. The molecule has 2 aromatic heterocycles. The maximum Gasteiger partial charge on any atom is 0.254 e. The van der Waals surface area contributed by atoms with Gasteiger partial charge in [0.1, 0.15) is 17.8 Å². The fourth-order valence-corrected chi connectivity index (χ4v) is 5.65. The van der Waals surface area contributed by atoms with Gasteiger partial charge in [0, 0.05) is 31.5 Å². The number of furan rings is 1. The number of hydrogen-bond acceptors (Lipinski definition) is 6. The highest BCUT2D eigenvalue weighted by Crippen LogP contribution is 2.55. The number of ether oxygens (including phenoxy) is 1. The average Bonchev–Trinajstić information content (AvgIpc) is 3.45. The van der Waals surface area contributed by atoms with Crippen molar-refractivity contribution in [2.24, 2.45) is 11.8 Å². The Morgan fingerprint density at radius 1 is 1.40 bits per heavy atom. The molecule has 1 amide bonds. The van der Waals surface area contributed by atoms with Crippen molar-refractivity contribution in [2.75, 3.05) is 24.5 Å². The van der Waals surface area contributed by atoms with E-state index in [-0.39, 0.29) is 35.3 Å². The molecule has 5 heterocycles. The van der Waals surface area contributed by atoms with Crippen LogP contribution in [0.2, 0.25) is 0 Å². The zero-order valence-electron chi connectivity index (χ0n) is 17.6. The third-order valence-electron chi connectivity index (χ3n) is 7.05. The zero-order chi connectivity index (χ0) is 21.0. The number of amides is 1. The Morgan fingerprint density at radius 3 is 2.97 bits per heavy atom. The van der Waals surface area contributed by atoms with Crippen LogP contribution in [-0.2, 0) is 11.2 Å². The van der Waals surface area contributed by atoms with E-state index in [1.807, 2.05) is 18.7 Å². The fraction of sp³-hybridized carbons (Fsp3) is 0.591. The molecule has 2 bridgehead atoms. The Bertz CT molecular complexity index is 993. The van der Waals surface area contributed by atoms with Gasteiger partial charge in [-0.3, -0.25) is 4.79 Å². The summed E-state index contributed by atoms with van der Waals surface area (Å²) in [5.41, 5.74) is 0.746. The molecule has 8 heteroatoms. The smallest absolute Gasteiger partial charge is 0.254 e. The largest absolute Gasteiger partial charge is 0.466 e. The normalized spacial score (nSPS) is 29.5. The topological polar surface area (TPSA) is 80.5 Å². The van der Waals surface area contributed by atoms with Crippen molar-refractivity contribution in [1.29, 1.82) is 0 Å². The lowest BCUT2D eigenvalue weighted by Crippen LogP contribution is -2.41. The number of nitrogens with one attached hydrogen (secondary N) is 1. The lowest BCUT2D eigenvalue weighted by Gasteiger charge is -2.29. The number of hydrogen-bond donors (Lipinski definition) is 1. The Morgan fingerprint density at radius 2 is 2.23 bits per heavy atom. The van der Waals surface area contributed by atoms with Gasteiger partial charge in [0.25, 0.3) is 5.91 Å². The van der Waals surface area contributed by atoms with E-state index in [4.69, 9.17) is 9.15 Å². The van der Waals surface area contributed by atoms with Crippen LogP contribution in [-0.4, -0.2) is 47.2 Å². The average molecular weight is 414 g/mol. The standard InChI is InChI=1S/C22H27FN4O3/c1-4-17-19(23)20(26-11-25-17)27-9-16-15(18-5-6-22(16,10-27)30-18)8-24-21(28)14-7-12(2)29-13(14)3/h7,11,15-16,18H,4-6,8-10H2,1-3H3,(H,24,28)/t15?,16-,18?,22+/m0/s1. The first-order valence-corrected chi connectivity index (χ1v) is 10.7. The van der Waals surface area contributed by atoms with Crippen molar-refractivity contribution in [3.63, 3.8) is 0 Å². The van der Waals surface area contributed by atoms with Crippen molar-refractivity contribution in [1.82, 2.24) is 15.3 Å². The van der Waals surface area contributed by atoms with Crippen LogP contribution in [0.25, 0.3) is 0 Å². The number of anilines is 1. The highest BCUT2D eigenvalue weighted by atomic mass is 19.1. The second-order valence-corrected chi connectivity index (χ2v) is 8.76. The van der Waals surface area contributed by atoms with Crippen LogP contribution in [0, 0.1) is 31.5 Å². The minimum absolute atomic E-state index is 0.120. The first-order chi connectivity index (χ1) is 14.4. The molecule has 7 nitrogen and oxygen atoms in total. The Labute approximate surface area is 175 Å². The SMILES string of the molecule is CCc1ncnc(N2C[C@H]3C(CNC(=O)c4cc(C)oc4C)C4CC[C@]3(C2)O4)c1F. The van der Waals surface area contributed by atoms with E-state index in [0.29, 0.717) is 48.9 Å². The van der Waals surface area contributed by atoms with E-state index < -0.39 is 0 Å². The summed E-state index contributed by atoms with van der Waals surface area (Å²) in [5, 5.41) is 3.08. The maximum absolute atomic E-state index is 14.8. The molecule has 30 heavy (non-hydrogen) atoms. The summed E-state index contributed by atoms with van der Waals surface area (Å²) < 4.78 is 26.8. The molecule has 160 valence electrons. The Hall–Kier alpha value is -2.48. The molecule has 2 aromatic rings. The molecular formula is C22H27FN4O3. The number of aromatic nitrogens is 2. The molecule has 5 rings (SSSR count). The van der Waals surface area contributed by atoms with Gasteiger partial charge >= 0.3 is 0 Å². The third-order valence-corrected chi connectivity index (χ3v) is 7.05. The molecule has 2 unspecified atom stereocenters. The van der Waals surface area contributed by atoms with Crippen LogP contribution >= 0.6 is 0 Å². The molecule has 3 saturated heterocycles. The lowest BCUT2D eigenvalue weighted by atomic mass is 9.73. The zero-order valence-corrected chi connectivity index (χ0v) is 17.6. The van der Waals surface area contributed by atoms with E-state index in [1.165, 1.54) is 6.33 Å². The molecule has 3 aliphatic heterocycles. The maximum atomic E-state index is 14.8. The summed E-state index contributed by atoms with van der Waals surface area (Å²) >= 11 is 0. The van der Waals surface area contributed by atoms with Gasteiger partial charge in [0.05, 0.1) is 23.0 Å². The van der Waals surface area contributed by atoms with Gasteiger partial charge in [0.2, 0.25) is 0 Å². The van der Waals surface area contributed by atoms with Crippen molar-refractivity contribution in [3.05, 3.63) is 41.0 Å². The van der Waals surface area contributed by atoms with Crippen LogP contribution in [0.3, 0.4) is 0 Å². The van der Waals surface area contributed by atoms with Gasteiger partial charge in [-0.2, -0.15) is 0 Å². The van der Waals surface area contributed by atoms with Gasteiger partial charge in [-0.1, -0.05) is 6.92 Å². The quantitative estimate of drug-likeness (QED) is 0.810. The number of fused-ring (bicyclic) bond motifs is 1. The molecular weight excluding hydrogens is 387 g/mol. The first-order valence-electron chi connectivity index (χ1n) is 10.7. The summed E-state index contributed by atoms with van der Waals surface area (Å²) in [6.45, 7) is 7.38. The molecule has 0 radical (unpaired) electrons. The number of nitrogens with zero attached hydrogens (tertiary/aromatic N) is 3. The third kappa shape index (κ3) is 2.92. The summed E-state index contributed by atoms with van der Waals surface area (Å²) in [6, 6.07) is 1.77. The van der Waals surface area contributed by atoms with Crippen LogP contribution < -0.4 is 10.2 Å². The van der Waals surface area contributed by atoms with Crippen LogP contribution in [0.15, 0.2) is 16.8 Å². The van der Waals surface area contributed by atoms with Crippen molar-refractivity contribution < 1.29 is 18.3 Å². The van der Waals surface area contributed by atoms with Gasteiger partial charge in [0.15, 0.2) is 11.6 Å². The Balaban J connectivity index is 1.32. The number of aryl methyl sites for hydroxylation is 3. The van der Waals surface area contributed by atoms with Crippen LogP contribution in [0.4, 0.5) is 10.2 Å². The summed E-state index contributed by atoms with van der Waals surface area (Å²) in [4.78, 5) is 22.9. The van der Waals surface area contributed by atoms with Crippen LogP contribution in [0.1, 0.15) is 47.3 Å². The van der Waals surface area contributed by atoms with Crippen molar-refractivity contribution in [3.8, 4) is 0 Å². The predicted molar refractivity (Wildman–Crippen MR) is 108 cm³/mol. The molecule has 1 N–H and O–H groups in total. The van der Waals surface area contributed by atoms with Gasteiger partial charge < -0.3 is 19.4 Å². The molecule has 3 fully saturated rings. The van der Waals surface area contributed by atoms with E-state index in [1.54, 1.807) is 13.0 Å². The van der Waals surface area contributed by atoms with Gasteiger partial charge in [-0.25, -0.2) is 14.4 Å². The van der Waals surface area contributed by atoms with Gasteiger partial charge in [-0.05, 0) is 39.2 Å². The summed E-state index contributed by atoms with van der Waals surface area (Å²) in [7, 11) is 0. The van der Waals surface area contributed by atoms with E-state index >= 15 is 0 Å². The van der Waals surface area contributed by atoms with Gasteiger partial charge in [-0.15, -0.1) is 0 Å². The predicted octanol–water partition coefficient (Wildman–Crippen LogP) is 2.80. The molecule has 3 aliphatic rings. The Kier molecular flexibility index (Phi) is 4.57.